The first kappa shape index (κ1) is 16.3. The zero-order chi connectivity index (χ0) is 16.2. The van der Waals surface area contributed by atoms with E-state index in [0.29, 0.717) is 6.54 Å². The molecule has 0 N–H and O–H groups in total. The molecule has 0 atom stereocenters. The predicted octanol–water partition coefficient (Wildman–Crippen LogP) is 2.01. The summed E-state index contributed by atoms with van der Waals surface area (Å²) in [5.74, 6) is -0.748. The number of ether oxygens (including phenoxy) is 1. The number of rotatable bonds is 7. The van der Waals surface area contributed by atoms with Gasteiger partial charge in [0, 0.05) is 12.1 Å². The van der Waals surface area contributed by atoms with Crippen LogP contribution in [0.3, 0.4) is 0 Å². The minimum Gasteiger partial charge on any atom is -0.435 e. The third-order valence-corrected chi connectivity index (χ3v) is 4.27. The van der Waals surface area contributed by atoms with Gasteiger partial charge in [-0.25, -0.2) is 13.4 Å². The van der Waals surface area contributed by atoms with Crippen LogP contribution < -0.4 is 4.74 Å². The van der Waals surface area contributed by atoms with Crippen LogP contribution in [0.1, 0.15) is 18.3 Å². The number of sulfone groups is 1. The number of aryl methyl sites for hydroxylation is 1. The van der Waals surface area contributed by atoms with Crippen molar-refractivity contribution < 1.29 is 21.9 Å². The van der Waals surface area contributed by atoms with Crippen LogP contribution >= 0.6 is 0 Å². The van der Waals surface area contributed by atoms with Gasteiger partial charge in [-0.05, 0) is 13.0 Å². The number of hydrogen-bond donors (Lipinski definition) is 0. The zero-order valence-corrected chi connectivity index (χ0v) is 12.6. The summed E-state index contributed by atoms with van der Waals surface area (Å²) in [6.07, 6.45) is 1.44. The number of alkyl halides is 2. The van der Waals surface area contributed by atoms with E-state index in [-0.39, 0.29) is 22.9 Å². The van der Waals surface area contributed by atoms with Crippen molar-refractivity contribution in [3.63, 3.8) is 0 Å². The van der Waals surface area contributed by atoms with Gasteiger partial charge in [0.2, 0.25) is 0 Å². The van der Waals surface area contributed by atoms with Gasteiger partial charge >= 0.3 is 6.61 Å². The molecule has 0 aliphatic heterocycles. The van der Waals surface area contributed by atoms with Crippen molar-refractivity contribution in [3.05, 3.63) is 42.0 Å². The minimum absolute atomic E-state index is 0.145. The fraction of sp³-hybridized carbons (Fsp3) is 0.385. The summed E-state index contributed by atoms with van der Waals surface area (Å²) in [4.78, 5) is 3.91. The lowest BCUT2D eigenvalue weighted by Crippen LogP contribution is -2.11. The van der Waals surface area contributed by atoms with Crippen molar-refractivity contribution in [3.8, 4) is 5.75 Å². The van der Waals surface area contributed by atoms with Crippen LogP contribution in [0, 0.1) is 0 Å². The van der Waals surface area contributed by atoms with Crippen LogP contribution in [0.25, 0.3) is 0 Å². The Morgan fingerprint density at radius 3 is 2.64 bits per heavy atom. The minimum atomic E-state index is -3.60. The number of nitrogens with zero attached hydrogens (tertiary/aromatic N) is 3. The topological polar surface area (TPSA) is 74.1 Å². The molecule has 0 spiro atoms. The Labute approximate surface area is 126 Å². The highest BCUT2D eigenvalue weighted by Gasteiger charge is 2.19. The fourth-order valence-electron chi connectivity index (χ4n) is 1.87. The van der Waals surface area contributed by atoms with Crippen LogP contribution in [0.2, 0.25) is 0 Å². The van der Waals surface area contributed by atoms with Gasteiger partial charge in [0.15, 0.2) is 15.7 Å². The van der Waals surface area contributed by atoms with E-state index >= 15 is 0 Å². The van der Waals surface area contributed by atoms with Crippen LogP contribution in [0.5, 0.6) is 5.75 Å². The van der Waals surface area contributed by atoms with E-state index in [1.165, 1.54) is 29.2 Å². The first-order valence-corrected chi connectivity index (χ1v) is 8.33. The number of para-hydroxylation sites is 1. The molecule has 1 aromatic heterocycles. The Balaban J connectivity index is 2.14. The molecule has 0 unspecified atom stereocenters. The Morgan fingerprint density at radius 1 is 1.27 bits per heavy atom. The molecule has 1 aromatic carbocycles. The Kier molecular flexibility index (Phi) is 5.07. The predicted molar refractivity (Wildman–Crippen MR) is 75.1 cm³/mol. The molecule has 0 aliphatic rings. The van der Waals surface area contributed by atoms with E-state index in [1.54, 1.807) is 6.07 Å². The van der Waals surface area contributed by atoms with Gasteiger partial charge in [0.25, 0.3) is 0 Å². The SMILES string of the molecule is CCn1cnc(CS(=O)(=O)Cc2ccccc2OC(F)F)n1. The van der Waals surface area contributed by atoms with Crippen molar-refractivity contribution in [2.75, 3.05) is 0 Å². The maximum absolute atomic E-state index is 12.3. The van der Waals surface area contributed by atoms with Crippen molar-refractivity contribution in [2.24, 2.45) is 0 Å². The second-order valence-corrected chi connectivity index (χ2v) is 6.60. The zero-order valence-electron chi connectivity index (χ0n) is 11.8. The molecule has 0 saturated carbocycles. The molecule has 9 heteroatoms. The molecule has 2 aromatic rings. The lowest BCUT2D eigenvalue weighted by Gasteiger charge is -2.10. The molecule has 0 amide bonds. The highest BCUT2D eigenvalue weighted by molar-refractivity contribution is 7.89. The molecule has 1 heterocycles. The van der Waals surface area contributed by atoms with E-state index in [9.17, 15) is 17.2 Å². The molecule has 120 valence electrons. The standard InChI is InChI=1S/C13H15F2N3O3S/c1-2-18-9-16-12(17-18)8-22(19,20)7-10-5-3-4-6-11(10)21-13(14)15/h3-6,9,13H,2,7-8H2,1H3. The largest absolute Gasteiger partial charge is 0.435 e. The normalized spacial score (nSPS) is 11.8. The Bertz CT molecular complexity index is 732. The van der Waals surface area contributed by atoms with Crippen LogP contribution in [0.4, 0.5) is 8.78 Å². The van der Waals surface area contributed by atoms with Gasteiger partial charge in [-0.15, -0.1) is 0 Å². The Morgan fingerprint density at radius 2 is 2.00 bits per heavy atom. The van der Waals surface area contributed by atoms with Gasteiger partial charge in [0.05, 0.1) is 5.75 Å². The molecule has 0 aliphatic carbocycles. The highest BCUT2D eigenvalue weighted by Crippen LogP contribution is 2.23. The van der Waals surface area contributed by atoms with E-state index in [4.69, 9.17) is 0 Å². The second-order valence-electron chi connectivity index (χ2n) is 4.53. The lowest BCUT2D eigenvalue weighted by atomic mass is 10.2. The quantitative estimate of drug-likeness (QED) is 0.776. The number of hydrogen-bond acceptors (Lipinski definition) is 5. The number of benzene rings is 1. The third kappa shape index (κ3) is 4.48. The summed E-state index contributed by atoms with van der Waals surface area (Å²) in [6, 6.07) is 5.81. The summed E-state index contributed by atoms with van der Waals surface area (Å²) in [5.41, 5.74) is 0.178. The summed E-state index contributed by atoms with van der Waals surface area (Å²) in [7, 11) is -3.60. The average Bonchev–Trinajstić information content (AvgIpc) is 2.87. The van der Waals surface area contributed by atoms with Gasteiger partial charge in [-0.3, -0.25) is 4.68 Å². The Hall–Kier alpha value is -2.03. The maximum Gasteiger partial charge on any atom is 0.387 e. The molecule has 0 fully saturated rings. The molecular weight excluding hydrogens is 316 g/mol. The highest BCUT2D eigenvalue weighted by atomic mass is 32.2. The monoisotopic (exact) mass is 331 g/mol. The van der Waals surface area contributed by atoms with Crippen molar-refractivity contribution in [1.82, 2.24) is 14.8 Å². The first-order chi connectivity index (χ1) is 10.4. The molecule has 6 nitrogen and oxygen atoms in total. The smallest absolute Gasteiger partial charge is 0.387 e. The summed E-state index contributed by atoms with van der Waals surface area (Å²) in [5, 5.41) is 4.00. The molecule has 0 saturated heterocycles. The van der Waals surface area contributed by atoms with Crippen LogP contribution in [0.15, 0.2) is 30.6 Å². The fourth-order valence-corrected chi connectivity index (χ4v) is 3.21. The molecule has 0 radical (unpaired) electrons. The van der Waals surface area contributed by atoms with E-state index < -0.39 is 22.2 Å². The maximum atomic E-state index is 12.3. The number of aromatic nitrogens is 3. The van der Waals surface area contributed by atoms with E-state index in [1.807, 2.05) is 6.92 Å². The molecular formula is C13H15F2N3O3S. The van der Waals surface area contributed by atoms with E-state index in [2.05, 4.69) is 14.8 Å². The molecule has 0 bridgehead atoms. The van der Waals surface area contributed by atoms with Crippen LogP contribution in [-0.4, -0.2) is 29.8 Å². The summed E-state index contributed by atoms with van der Waals surface area (Å²) < 4.78 is 54.8. The van der Waals surface area contributed by atoms with Gasteiger partial charge in [-0.1, -0.05) is 18.2 Å². The molecule has 2 rings (SSSR count). The summed E-state index contributed by atoms with van der Waals surface area (Å²) >= 11 is 0. The van der Waals surface area contributed by atoms with Crippen molar-refractivity contribution in [2.45, 2.75) is 31.6 Å². The van der Waals surface area contributed by atoms with Gasteiger partial charge < -0.3 is 4.74 Å². The lowest BCUT2D eigenvalue weighted by molar-refractivity contribution is -0.0503. The summed E-state index contributed by atoms with van der Waals surface area (Å²) in [6.45, 7) is -0.575. The number of halogens is 2. The van der Waals surface area contributed by atoms with Crippen molar-refractivity contribution >= 4 is 9.84 Å². The van der Waals surface area contributed by atoms with E-state index in [0.717, 1.165) is 0 Å². The third-order valence-electron chi connectivity index (χ3n) is 2.82. The second kappa shape index (κ2) is 6.82. The van der Waals surface area contributed by atoms with Crippen molar-refractivity contribution in [1.29, 1.82) is 0 Å². The first-order valence-electron chi connectivity index (χ1n) is 6.51. The average molecular weight is 331 g/mol. The van der Waals surface area contributed by atoms with Gasteiger partial charge in [-0.2, -0.15) is 13.9 Å². The molecule has 22 heavy (non-hydrogen) atoms. The van der Waals surface area contributed by atoms with Gasteiger partial charge in [0.1, 0.15) is 17.8 Å². The van der Waals surface area contributed by atoms with Crippen LogP contribution in [-0.2, 0) is 27.9 Å².